The van der Waals surface area contributed by atoms with Crippen LogP contribution in [0.15, 0.2) is 41.7 Å². The minimum Gasteiger partial charge on any atom is -0.477 e. The lowest BCUT2D eigenvalue weighted by atomic mass is 9.98. The van der Waals surface area contributed by atoms with Crippen molar-refractivity contribution < 1.29 is 9.53 Å². The fourth-order valence-electron chi connectivity index (χ4n) is 3.49. The zero-order chi connectivity index (χ0) is 21.3. The molecule has 0 fully saturated rings. The maximum atomic E-state index is 11.5. The number of nitrogens with zero attached hydrogens (tertiary/aromatic N) is 5. The number of thioether (sulfide) groups is 1. The average molecular weight is 417 g/mol. The fourth-order valence-corrected chi connectivity index (χ4v) is 4.32. The lowest BCUT2D eigenvalue weighted by Crippen LogP contribution is -2.02. The van der Waals surface area contributed by atoms with E-state index in [1.807, 2.05) is 48.9 Å². The van der Waals surface area contributed by atoms with Gasteiger partial charge in [0.2, 0.25) is 5.88 Å². The highest BCUT2D eigenvalue weighted by atomic mass is 32.2. The van der Waals surface area contributed by atoms with Crippen molar-refractivity contribution >= 4 is 39.6 Å². The number of rotatable bonds is 6. The predicted octanol–water partition coefficient (Wildman–Crippen LogP) is 4.13. The second-order valence-corrected chi connectivity index (χ2v) is 7.67. The maximum absolute atomic E-state index is 11.5. The number of ketones is 1. The van der Waals surface area contributed by atoms with Crippen LogP contribution >= 0.6 is 11.8 Å². The van der Waals surface area contributed by atoms with E-state index in [9.17, 15) is 10.1 Å². The molecular formula is C22H19N5O2S. The van der Waals surface area contributed by atoms with Crippen LogP contribution in [0.5, 0.6) is 5.88 Å². The summed E-state index contributed by atoms with van der Waals surface area (Å²) in [7, 11) is 1.88. The molecule has 0 atom stereocenters. The van der Waals surface area contributed by atoms with Crippen LogP contribution in [0.2, 0.25) is 0 Å². The van der Waals surface area contributed by atoms with E-state index in [0.717, 1.165) is 22.0 Å². The molecule has 150 valence electrons. The van der Waals surface area contributed by atoms with Gasteiger partial charge in [-0.15, -0.1) is 0 Å². The minimum absolute atomic E-state index is 0.0685. The van der Waals surface area contributed by atoms with Crippen molar-refractivity contribution in [1.29, 1.82) is 5.26 Å². The molecule has 8 heteroatoms. The predicted molar refractivity (Wildman–Crippen MR) is 117 cm³/mol. The number of fused-ring (bicyclic) bond motifs is 3. The number of ether oxygens (including phenoxy) is 1. The van der Waals surface area contributed by atoms with E-state index in [1.54, 1.807) is 6.92 Å². The number of benzene rings is 1. The highest BCUT2D eigenvalue weighted by Gasteiger charge is 2.25. The molecule has 0 N–H and O–H groups in total. The van der Waals surface area contributed by atoms with Crippen LogP contribution in [0.25, 0.3) is 33.2 Å². The monoisotopic (exact) mass is 417 g/mol. The smallest absolute Gasteiger partial charge is 0.234 e. The van der Waals surface area contributed by atoms with Gasteiger partial charge in [-0.2, -0.15) is 10.2 Å². The molecular weight excluding hydrogens is 398 g/mol. The molecule has 0 aliphatic carbocycles. The van der Waals surface area contributed by atoms with Gasteiger partial charge >= 0.3 is 0 Å². The normalized spacial score (nSPS) is 11.0. The van der Waals surface area contributed by atoms with Crippen molar-refractivity contribution in [2.75, 3.05) is 12.4 Å². The number of hydrogen-bond donors (Lipinski definition) is 0. The van der Waals surface area contributed by atoms with Gasteiger partial charge in [0.25, 0.3) is 0 Å². The first-order valence-electron chi connectivity index (χ1n) is 9.44. The zero-order valence-corrected chi connectivity index (χ0v) is 17.7. The Labute approximate surface area is 177 Å². The summed E-state index contributed by atoms with van der Waals surface area (Å²) >= 11 is 1.37. The van der Waals surface area contributed by atoms with Crippen molar-refractivity contribution in [1.82, 2.24) is 19.5 Å². The van der Waals surface area contributed by atoms with Crippen LogP contribution in [-0.4, -0.2) is 37.7 Å². The molecule has 0 saturated heterocycles. The third kappa shape index (κ3) is 3.27. The number of carbonyl (C=O) groups excluding carboxylic acids is 1. The molecule has 3 aromatic heterocycles. The van der Waals surface area contributed by atoms with Gasteiger partial charge in [-0.3, -0.25) is 4.79 Å². The van der Waals surface area contributed by atoms with Crippen LogP contribution < -0.4 is 4.74 Å². The number of aryl methyl sites for hydroxylation is 1. The van der Waals surface area contributed by atoms with Gasteiger partial charge in [-0.25, -0.2) is 9.97 Å². The van der Waals surface area contributed by atoms with Gasteiger partial charge in [-0.05, 0) is 19.4 Å². The van der Waals surface area contributed by atoms with E-state index in [0.29, 0.717) is 40.0 Å². The molecule has 4 aromatic rings. The molecule has 0 radical (unpaired) electrons. The highest BCUT2D eigenvalue weighted by Crippen LogP contribution is 2.41. The standard InChI is InChI=1S/C22H19N5O2S/c1-4-29-21-15(10-23)16(14-8-6-5-7-9-14)17-18-19(27(3)20(17)26-21)22(25-12-24-18)30-11-13(2)28/h5-9,12H,4,11H2,1-3H3. The molecule has 4 rings (SSSR count). The summed E-state index contributed by atoms with van der Waals surface area (Å²) in [6.45, 7) is 3.80. The van der Waals surface area contributed by atoms with Gasteiger partial charge in [0, 0.05) is 12.6 Å². The van der Waals surface area contributed by atoms with Crippen LogP contribution in [0.4, 0.5) is 0 Å². The summed E-state index contributed by atoms with van der Waals surface area (Å²) in [5.74, 6) is 0.683. The zero-order valence-electron chi connectivity index (χ0n) is 16.8. The molecule has 0 saturated carbocycles. The lowest BCUT2D eigenvalue weighted by molar-refractivity contribution is -0.114. The SMILES string of the molecule is CCOc1nc2c(c(-c3ccccc3)c1C#N)c1ncnc(SCC(C)=O)c1n2C. The van der Waals surface area contributed by atoms with E-state index < -0.39 is 0 Å². The summed E-state index contributed by atoms with van der Waals surface area (Å²) in [5.41, 5.74) is 4.11. The fraction of sp³-hybridized carbons (Fsp3) is 0.227. The number of carbonyl (C=O) groups is 1. The molecule has 0 bridgehead atoms. The molecule has 30 heavy (non-hydrogen) atoms. The van der Waals surface area contributed by atoms with Crippen molar-refractivity contribution in [3.8, 4) is 23.1 Å². The minimum atomic E-state index is 0.0685. The number of aromatic nitrogens is 4. The molecule has 0 unspecified atom stereocenters. The molecule has 1 aromatic carbocycles. The summed E-state index contributed by atoms with van der Waals surface area (Å²) in [6.07, 6.45) is 1.49. The summed E-state index contributed by atoms with van der Waals surface area (Å²) in [4.78, 5) is 25.1. The quantitative estimate of drug-likeness (QED) is 0.344. The molecule has 0 aliphatic rings. The Bertz CT molecular complexity index is 1310. The summed E-state index contributed by atoms with van der Waals surface area (Å²) in [5, 5.41) is 11.4. The Morgan fingerprint density at radius 2 is 2.03 bits per heavy atom. The first-order chi connectivity index (χ1) is 14.6. The van der Waals surface area contributed by atoms with Gasteiger partial charge < -0.3 is 9.30 Å². The molecule has 3 heterocycles. The number of hydrogen-bond acceptors (Lipinski definition) is 7. The van der Waals surface area contributed by atoms with Gasteiger partial charge in [0.1, 0.15) is 45.4 Å². The largest absolute Gasteiger partial charge is 0.477 e. The molecule has 0 spiro atoms. The number of pyridine rings is 1. The summed E-state index contributed by atoms with van der Waals surface area (Å²) < 4.78 is 7.63. The van der Waals surface area contributed by atoms with Crippen LogP contribution in [0, 0.1) is 11.3 Å². The van der Waals surface area contributed by atoms with E-state index in [4.69, 9.17) is 4.74 Å². The topological polar surface area (TPSA) is 93.7 Å². The van der Waals surface area contributed by atoms with E-state index in [-0.39, 0.29) is 5.78 Å². The summed E-state index contributed by atoms with van der Waals surface area (Å²) in [6, 6.07) is 12.0. The Morgan fingerprint density at radius 1 is 1.27 bits per heavy atom. The van der Waals surface area contributed by atoms with Crippen molar-refractivity contribution in [2.24, 2.45) is 7.05 Å². The maximum Gasteiger partial charge on any atom is 0.234 e. The second kappa shape index (κ2) is 8.13. The van der Waals surface area contributed by atoms with Crippen LogP contribution in [0.3, 0.4) is 0 Å². The third-order valence-corrected chi connectivity index (χ3v) is 5.81. The lowest BCUT2D eigenvalue weighted by Gasteiger charge is -2.11. The Hall–Kier alpha value is -3.44. The second-order valence-electron chi connectivity index (χ2n) is 6.70. The third-order valence-electron chi connectivity index (χ3n) is 4.69. The average Bonchev–Trinajstić information content (AvgIpc) is 3.04. The van der Waals surface area contributed by atoms with Crippen molar-refractivity contribution in [3.63, 3.8) is 0 Å². The van der Waals surface area contributed by atoms with E-state index in [2.05, 4.69) is 21.0 Å². The van der Waals surface area contributed by atoms with Crippen LogP contribution in [-0.2, 0) is 11.8 Å². The first-order valence-corrected chi connectivity index (χ1v) is 10.4. The van der Waals surface area contributed by atoms with E-state index in [1.165, 1.54) is 18.1 Å². The Morgan fingerprint density at radius 3 is 2.70 bits per heavy atom. The Balaban J connectivity index is 2.15. The van der Waals surface area contributed by atoms with E-state index >= 15 is 0 Å². The Kier molecular flexibility index (Phi) is 5.38. The first kappa shape index (κ1) is 19.9. The van der Waals surface area contributed by atoms with Crippen LogP contribution in [0.1, 0.15) is 19.4 Å². The van der Waals surface area contributed by atoms with Gasteiger partial charge in [0.15, 0.2) is 0 Å². The molecule has 7 nitrogen and oxygen atoms in total. The number of Topliss-reactive ketones (excluding diaryl/α,β-unsaturated/α-hetero) is 1. The van der Waals surface area contributed by atoms with Crippen molar-refractivity contribution in [3.05, 3.63) is 42.2 Å². The van der Waals surface area contributed by atoms with Crippen molar-refractivity contribution in [2.45, 2.75) is 18.9 Å². The van der Waals surface area contributed by atoms with Gasteiger partial charge in [0.05, 0.1) is 17.7 Å². The highest BCUT2D eigenvalue weighted by molar-refractivity contribution is 8.00. The van der Waals surface area contributed by atoms with Gasteiger partial charge in [-0.1, -0.05) is 42.1 Å². The molecule has 0 amide bonds. The molecule has 0 aliphatic heterocycles. The number of nitriles is 1.